The minimum atomic E-state index is 0.203. The molecule has 2 fully saturated rings. The van der Waals surface area contributed by atoms with Crippen molar-refractivity contribution in [2.45, 2.75) is 25.3 Å². The summed E-state index contributed by atoms with van der Waals surface area (Å²) in [4.78, 5) is 26.6. The van der Waals surface area contributed by atoms with E-state index in [-0.39, 0.29) is 6.04 Å². The molecule has 176 valence electrons. The van der Waals surface area contributed by atoms with Crippen molar-refractivity contribution in [3.63, 3.8) is 0 Å². The maximum atomic E-state index is 5.94. The molecule has 35 heavy (non-hydrogen) atoms. The number of hydrogen-bond donors (Lipinski definition) is 3. The normalized spacial score (nSPS) is 16.8. The average molecular weight is 467 g/mol. The van der Waals surface area contributed by atoms with Crippen molar-refractivity contribution < 1.29 is 0 Å². The third-order valence-electron chi connectivity index (χ3n) is 7.01. The van der Waals surface area contributed by atoms with Gasteiger partial charge in [0.1, 0.15) is 17.3 Å². The van der Waals surface area contributed by atoms with Crippen molar-refractivity contribution in [1.82, 2.24) is 35.1 Å². The summed E-state index contributed by atoms with van der Waals surface area (Å²) in [5, 5.41) is 9.73. The lowest BCUT2D eigenvalue weighted by atomic mass is 10.1. The van der Waals surface area contributed by atoms with Gasteiger partial charge in [-0.15, -0.1) is 0 Å². The van der Waals surface area contributed by atoms with Crippen LogP contribution < -0.4 is 15.5 Å². The molecule has 4 N–H and O–H groups in total. The van der Waals surface area contributed by atoms with E-state index in [9.17, 15) is 0 Å². The summed E-state index contributed by atoms with van der Waals surface area (Å²) in [7, 11) is 0. The fourth-order valence-corrected chi connectivity index (χ4v) is 5.12. The van der Waals surface area contributed by atoms with Crippen molar-refractivity contribution in [3.05, 3.63) is 43.0 Å². The van der Waals surface area contributed by atoms with Gasteiger partial charge in [-0.05, 0) is 37.5 Å². The van der Waals surface area contributed by atoms with Crippen LogP contribution in [0.2, 0.25) is 0 Å². The van der Waals surface area contributed by atoms with E-state index in [0.29, 0.717) is 0 Å². The van der Waals surface area contributed by atoms with Gasteiger partial charge in [-0.1, -0.05) is 0 Å². The molecule has 0 atom stereocenters. The van der Waals surface area contributed by atoms with Gasteiger partial charge >= 0.3 is 0 Å². The number of fused-ring (bicyclic) bond motifs is 2. The largest absolute Gasteiger partial charge is 0.356 e. The van der Waals surface area contributed by atoms with Crippen LogP contribution in [0.5, 0.6) is 0 Å². The first-order valence-electron chi connectivity index (χ1n) is 12.1. The van der Waals surface area contributed by atoms with E-state index < -0.39 is 0 Å². The molecule has 0 aromatic carbocycles. The number of piperidine rings is 1. The third kappa shape index (κ3) is 3.48. The van der Waals surface area contributed by atoms with Gasteiger partial charge in [0.05, 0.1) is 29.3 Å². The summed E-state index contributed by atoms with van der Waals surface area (Å²) in [5.41, 5.74) is 11.2. The molecule has 0 aliphatic carbocycles. The van der Waals surface area contributed by atoms with Crippen molar-refractivity contribution in [2.24, 2.45) is 5.73 Å². The van der Waals surface area contributed by atoms with Crippen LogP contribution >= 0.6 is 0 Å². The predicted molar refractivity (Wildman–Crippen MR) is 136 cm³/mol. The summed E-state index contributed by atoms with van der Waals surface area (Å²) >= 11 is 0. The molecule has 2 saturated heterocycles. The average Bonchev–Trinajstić information content (AvgIpc) is 3.51. The predicted octanol–water partition coefficient (Wildman–Crippen LogP) is 3.10. The highest BCUT2D eigenvalue weighted by Gasteiger charge is 2.25. The molecular formula is C25H26N10. The van der Waals surface area contributed by atoms with Crippen molar-refractivity contribution in [1.29, 1.82) is 0 Å². The van der Waals surface area contributed by atoms with Crippen LogP contribution in [-0.4, -0.2) is 67.3 Å². The molecule has 5 aromatic rings. The van der Waals surface area contributed by atoms with E-state index in [1.54, 1.807) is 12.4 Å². The summed E-state index contributed by atoms with van der Waals surface area (Å²) in [5.74, 6) is 1.88. The molecule has 7 heterocycles. The van der Waals surface area contributed by atoms with Crippen LogP contribution in [0.4, 0.5) is 11.6 Å². The lowest BCUT2D eigenvalue weighted by Crippen LogP contribution is -2.56. The Morgan fingerprint density at radius 2 is 1.83 bits per heavy atom. The first kappa shape index (κ1) is 20.3. The quantitative estimate of drug-likeness (QED) is 0.369. The highest BCUT2D eigenvalue weighted by molar-refractivity contribution is 5.99. The lowest BCUT2D eigenvalue weighted by molar-refractivity contribution is 0.514. The minimum absolute atomic E-state index is 0.203. The fraction of sp³-hybridized carbons (Fsp3) is 0.320. The van der Waals surface area contributed by atoms with Gasteiger partial charge in [0.25, 0.3) is 0 Å². The zero-order chi connectivity index (χ0) is 23.4. The lowest BCUT2D eigenvalue weighted by Gasteiger charge is -2.37. The zero-order valence-electron chi connectivity index (χ0n) is 19.3. The van der Waals surface area contributed by atoms with Gasteiger partial charge in [0.2, 0.25) is 0 Å². The second kappa shape index (κ2) is 8.02. The van der Waals surface area contributed by atoms with Gasteiger partial charge in [0.15, 0.2) is 5.65 Å². The number of H-pyrrole nitrogens is 2. The Bertz CT molecular complexity index is 1520. The molecule has 7 rings (SSSR count). The topological polar surface area (TPSA) is 129 Å². The molecule has 0 saturated carbocycles. The third-order valence-corrected chi connectivity index (χ3v) is 7.01. The Morgan fingerprint density at radius 3 is 2.69 bits per heavy atom. The molecule has 0 radical (unpaired) electrons. The van der Waals surface area contributed by atoms with E-state index in [0.717, 1.165) is 82.4 Å². The molecule has 0 bridgehead atoms. The molecule has 2 aliphatic heterocycles. The number of anilines is 2. The highest BCUT2D eigenvalue weighted by Crippen LogP contribution is 2.34. The van der Waals surface area contributed by atoms with Gasteiger partial charge in [-0.25, -0.2) is 15.0 Å². The summed E-state index contributed by atoms with van der Waals surface area (Å²) in [6, 6.07) is 6.45. The smallest absolute Gasteiger partial charge is 0.155 e. The number of aromatic amines is 2. The highest BCUT2D eigenvalue weighted by atomic mass is 15.3. The van der Waals surface area contributed by atoms with Crippen LogP contribution in [0.25, 0.3) is 44.6 Å². The Balaban J connectivity index is 1.28. The monoisotopic (exact) mass is 466 g/mol. The van der Waals surface area contributed by atoms with Crippen LogP contribution in [-0.2, 0) is 0 Å². The Labute approximate surface area is 201 Å². The first-order valence-corrected chi connectivity index (χ1v) is 12.1. The second-order valence-corrected chi connectivity index (χ2v) is 9.45. The molecule has 0 amide bonds. The molecule has 2 aliphatic rings. The number of hydrogen-bond acceptors (Lipinski definition) is 8. The van der Waals surface area contributed by atoms with E-state index in [1.807, 2.05) is 18.5 Å². The Kier molecular flexibility index (Phi) is 4.66. The van der Waals surface area contributed by atoms with Gasteiger partial charge in [-0.2, -0.15) is 5.10 Å². The van der Waals surface area contributed by atoms with E-state index in [4.69, 9.17) is 15.7 Å². The maximum absolute atomic E-state index is 5.94. The molecule has 0 spiro atoms. The second-order valence-electron chi connectivity index (χ2n) is 9.45. The Morgan fingerprint density at radius 1 is 0.943 bits per heavy atom. The fourth-order valence-electron chi connectivity index (χ4n) is 5.12. The first-order chi connectivity index (χ1) is 17.2. The molecule has 0 unspecified atom stereocenters. The van der Waals surface area contributed by atoms with Gasteiger partial charge < -0.3 is 20.5 Å². The minimum Gasteiger partial charge on any atom is -0.356 e. The molecule has 5 aromatic heterocycles. The number of nitrogens with two attached hydrogens (primary N) is 1. The molecule has 10 nitrogen and oxygen atoms in total. The SMILES string of the molecule is NC1CN(c2cncc(-c3cnc4[nH]nc(-c5cc6c(N7CCCCC7)nccc6[nH]5)c4c3)n2)C1. The van der Waals surface area contributed by atoms with Crippen LogP contribution in [0.1, 0.15) is 19.3 Å². The number of pyridine rings is 2. The van der Waals surface area contributed by atoms with Crippen molar-refractivity contribution >= 4 is 33.6 Å². The van der Waals surface area contributed by atoms with Crippen LogP contribution in [0.3, 0.4) is 0 Å². The van der Waals surface area contributed by atoms with Gasteiger partial charge in [-0.3, -0.25) is 10.1 Å². The van der Waals surface area contributed by atoms with Gasteiger partial charge in [0, 0.05) is 61.0 Å². The van der Waals surface area contributed by atoms with E-state index in [2.05, 4.69) is 47.1 Å². The Hall–Kier alpha value is -4.05. The van der Waals surface area contributed by atoms with E-state index >= 15 is 0 Å². The maximum Gasteiger partial charge on any atom is 0.155 e. The summed E-state index contributed by atoms with van der Waals surface area (Å²) < 4.78 is 0. The molecular weight excluding hydrogens is 440 g/mol. The van der Waals surface area contributed by atoms with Crippen LogP contribution in [0, 0.1) is 0 Å². The summed E-state index contributed by atoms with van der Waals surface area (Å²) in [6.45, 7) is 3.70. The number of aromatic nitrogens is 7. The number of nitrogens with zero attached hydrogens (tertiary/aromatic N) is 7. The van der Waals surface area contributed by atoms with Crippen molar-refractivity contribution in [3.8, 4) is 22.6 Å². The summed E-state index contributed by atoms with van der Waals surface area (Å²) in [6.07, 6.45) is 11.0. The van der Waals surface area contributed by atoms with E-state index in [1.165, 1.54) is 19.3 Å². The molecule has 10 heteroatoms. The number of nitrogens with one attached hydrogen (secondary N) is 2. The number of rotatable bonds is 4. The standard InChI is InChI=1S/C25H26N10/c26-16-13-35(14-16)22-12-27-11-21(31-22)15-8-18-23(32-33-24(18)29-10-15)20-9-17-19(30-20)4-5-28-25(17)34-6-2-1-3-7-34/h4-5,8-12,16,30H,1-3,6-7,13-14,26H2,(H,29,32,33). The van der Waals surface area contributed by atoms with Crippen molar-refractivity contribution in [2.75, 3.05) is 36.0 Å². The van der Waals surface area contributed by atoms with Crippen LogP contribution in [0.15, 0.2) is 43.0 Å². The zero-order valence-corrected chi connectivity index (χ0v) is 19.3.